The van der Waals surface area contributed by atoms with Crippen molar-refractivity contribution in [2.45, 2.75) is 38.4 Å². The third-order valence-corrected chi connectivity index (χ3v) is 3.86. The van der Waals surface area contributed by atoms with Gasteiger partial charge in [0, 0.05) is 18.3 Å². The molecule has 20 heavy (non-hydrogen) atoms. The van der Waals surface area contributed by atoms with E-state index in [1.165, 1.54) is 18.6 Å². The van der Waals surface area contributed by atoms with Crippen molar-refractivity contribution in [1.82, 2.24) is 4.90 Å². The normalized spacial score (nSPS) is 19.8. The van der Waals surface area contributed by atoms with Crippen molar-refractivity contribution < 1.29 is 13.2 Å². The van der Waals surface area contributed by atoms with Gasteiger partial charge in [0.25, 0.3) is 0 Å². The van der Waals surface area contributed by atoms with Crippen LogP contribution in [0, 0.1) is 0 Å². The molecule has 0 saturated carbocycles. The molecule has 0 radical (unpaired) electrons. The van der Waals surface area contributed by atoms with E-state index in [-0.39, 0.29) is 0 Å². The van der Waals surface area contributed by atoms with Gasteiger partial charge in [-0.15, -0.1) is 0 Å². The van der Waals surface area contributed by atoms with Gasteiger partial charge in [0.1, 0.15) is 0 Å². The molecule has 1 aromatic carbocycles. The van der Waals surface area contributed by atoms with Crippen LogP contribution in [0.3, 0.4) is 0 Å². The average Bonchev–Trinajstić information content (AvgIpc) is 2.38. The minimum Gasteiger partial charge on any atom is -0.346 e. The molecule has 0 bridgehead atoms. The Kier molecular flexibility index (Phi) is 4.52. The van der Waals surface area contributed by atoms with Crippen LogP contribution >= 0.6 is 12.2 Å². The number of halogens is 3. The molecule has 1 aliphatic rings. The van der Waals surface area contributed by atoms with Crippen LogP contribution in [-0.4, -0.2) is 22.6 Å². The summed E-state index contributed by atoms with van der Waals surface area (Å²) in [5.41, 5.74) is -0.0684. The predicted molar refractivity (Wildman–Crippen MR) is 77.7 cm³/mol. The molecule has 1 aromatic rings. The zero-order valence-electron chi connectivity index (χ0n) is 11.2. The Bertz CT molecular complexity index is 470. The number of anilines is 1. The summed E-state index contributed by atoms with van der Waals surface area (Å²) in [4.78, 5) is 2.09. The molecule has 0 aliphatic carbocycles. The molecular weight excluding hydrogens is 285 g/mol. The van der Waals surface area contributed by atoms with Gasteiger partial charge in [-0.3, -0.25) is 0 Å². The van der Waals surface area contributed by atoms with Crippen LogP contribution in [-0.2, 0) is 6.18 Å². The third kappa shape index (κ3) is 3.62. The number of alkyl halides is 3. The van der Waals surface area contributed by atoms with E-state index in [4.69, 9.17) is 12.2 Å². The fourth-order valence-corrected chi connectivity index (χ4v) is 2.73. The molecule has 1 fully saturated rings. The van der Waals surface area contributed by atoms with Gasteiger partial charge in [0.05, 0.1) is 5.56 Å². The minimum atomic E-state index is -4.31. The Hall–Kier alpha value is -1.30. The van der Waals surface area contributed by atoms with Crippen molar-refractivity contribution in [3.63, 3.8) is 0 Å². The lowest BCUT2D eigenvalue weighted by atomic mass is 10.0. The molecule has 6 heteroatoms. The largest absolute Gasteiger partial charge is 0.416 e. The van der Waals surface area contributed by atoms with E-state index >= 15 is 0 Å². The van der Waals surface area contributed by atoms with Crippen molar-refractivity contribution in [3.05, 3.63) is 29.8 Å². The van der Waals surface area contributed by atoms with E-state index in [0.29, 0.717) is 16.8 Å². The van der Waals surface area contributed by atoms with Crippen LogP contribution < -0.4 is 5.32 Å². The van der Waals surface area contributed by atoms with E-state index < -0.39 is 11.7 Å². The number of piperidine rings is 1. The quantitative estimate of drug-likeness (QED) is 0.780. The van der Waals surface area contributed by atoms with Gasteiger partial charge in [-0.05, 0) is 62.7 Å². The summed E-state index contributed by atoms with van der Waals surface area (Å²) >= 11 is 5.33. The smallest absolute Gasteiger partial charge is 0.346 e. The first kappa shape index (κ1) is 15.1. The highest BCUT2D eigenvalue weighted by Crippen LogP contribution is 2.30. The average molecular weight is 302 g/mol. The van der Waals surface area contributed by atoms with Gasteiger partial charge in [-0.1, -0.05) is 0 Å². The summed E-state index contributed by atoms with van der Waals surface area (Å²) in [5, 5.41) is 3.59. The molecule has 1 N–H and O–H groups in total. The monoisotopic (exact) mass is 302 g/mol. The van der Waals surface area contributed by atoms with E-state index in [1.54, 1.807) is 0 Å². The van der Waals surface area contributed by atoms with Crippen molar-refractivity contribution in [1.29, 1.82) is 0 Å². The Labute approximate surface area is 122 Å². The number of hydrogen-bond acceptors (Lipinski definition) is 1. The first-order valence-corrected chi connectivity index (χ1v) is 7.03. The zero-order chi connectivity index (χ0) is 14.8. The molecule has 1 atom stereocenters. The second-order valence-electron chi connectivity index (χ2n) is 5.04. The number of hydrogen-bond donors (Lipinski definition) is 1. The first-order valence-electron chi connectivity index (χ1n) is 6.63. The van der Waals surface area contributed by atoms with Gasteiger partial charge >= 0.3 is 6.18 Å². The predicted octanol–water partition coefficient (Wildman–Crippen LogP) is 4.28. The van der Waals surface area contributed by atoms with Gasteiger partial charge in [-0.2, -0.15) is 13.2 Å². The summed E-state index contributed by atoms with van der Waals surface area (Å²) in [6.07, 6.45) is -0.922. The van der Waals surface area contributed by atoms with Crippen molar-refractivity contribution in [2.75, 3.05) is 11.9 Å². The second kappa shape index (κ2) is 5.99. The topological polar surface area (TPSA) is 15.3 Å². The number of thiocarbonyl (C=S) groups is 1. The molecule has 1 heterocycles. The number of nitrogens with zero attached hydrogens (tertiary/aromatic N) is 1. The van der Waals surface area contributed by atoms with Gasteiger partial charge in [0.2, 0.25) is 0 Å². The van der Waals surface area contributed by atoms with Crippen LogP contribution in [0.4, 0.5) is 18.9 Å². The fraction of sp³-hybridized carbons (Fsp3) is 0.500. The zero-order valence-corrected chi connectivity index (χ0v) is 12.0. The van der Waals surface area contributed by atoms with E-state index in [0.717, 1.165) is 31.5 Å². The molecule has 1 saturated heterocycles. The molecule has 1 aliphatic heterocycles. The number of rotatable bonds is 1. The summed E-state index contributed by atoms with van der Waals surface area (Å²) in [5.74, 6) is 0. The maximum absolute atomic E-state index is 12.5. The maximum atomic E-state index is 12.5. The van der Waals surface area contributed by atoms with Gasteiger partial charge < -0.3 is 10.2 Å². The van der Waals surface area contributed by atoms with E-state index in [9.17, 15) is 13.2 Å². The molecule has 0 spiro atoms. The van der Waals surface area contributed by atoms with Crippen LogP contribution in [0.15, 0.2) is 24.3 Å². The Balaban J connectivity index is 2.01. The van der Waals surface area contributed by atoms with Gasteiger partial charge in [0.15, 0.2) is 5.11 Å². The van der Waals surface area contributed by atoms with E-state index in [2.05, 4.69) is 17.1 Å². The highest BCUT2D eigenvalue weighted by Gasteiger charge is 2.30. The molecular formula is C14H17F3N2S. The number of likely N-dealkylation sites (tertiary alicyclic amines) is 1. The van der Waals surface area contributed by atoms with Gasteiger partial charge in [-0.25, -0.2) is 0 Å². The lowest BCUT2D eigenvalue weighted by Gasteiger charge is -2.35. The summed E-state index contributed by atoms with van der Waals surface area (Å²) in [6.45, 7) is 3.01. The Morgan fingerprint density at radius 1 is 1.25 bits per heavy atom. The lowest BCUT2D eigenvalue weighted by Crippen LogP contribution is -2.44. The van der Waals surface area contributed by atoms with Crippen molar-refractivity contribution in [2.24, 2.45) is 0 Å². The van der Waals surface area contributed by atoms with Crippen LogP contribution in [0.25, 0.3) is 0 Å². The first-order chi connectivity index (χ1) is 9.38. The molecule has 110 valence electrons. The third-order valence-electron chi connectivity index (χ3n) is 3.53. The lowest BCUT2D eigenvalue weighted by molar-refractivity contribution is -0.137. The fourth-order valence-electron chi connectivity index (χ4n) is 2.34. The molecule has 0 amide bonds. The number of nitrogens with one attached hydrogen (secondary N) is 1. The molecule has 0 aromatic heterocycles. The molecule has 2 rings (SSSR count). The number of benzene rings is 1. The van der Waals surface area contributed by atoms with Crippen LogP contribution in [0.2, 0.25) is 0 Å². The van der Waals surface area contributed by atoms with Crippen LogP contribution in [0.1, 0.15) is 31.7 Å². The molecule has 0 unspecified atom stereocenters. The molecule has 2 nitrogen and oxygen atoms in total. The highest BCUT2D eigenvalue weighted by atomic mass is 32.1. The minimum absolute atomic E-state index is 0.373. The Morgan fingerprint density at radius 3 is 2.45 bits per heavy atom. The summed E-state index contributed by atoms with van der Waals surface area (Å²) in [7, 11) is 0. The summed E-state index contributed by atoms with van der Waals surface area (Å²) < 4.78 is 37.4. The van der Waals surface area contributed by atoms with Crippen molar-refractivity contribution in [3.8, 4) is 0 Å². The van der Waals surface area contributed by atoms with E-state index in [1.807, 2.05) is 0 Å². The summed E-state index contributed by atoms with van der Waals surface area (Å²) in [6, 6.07) is 5.31. The second-order valence-corrected chi connectivity index (χ2v) is 5.43. The highest BCUT2D eigenvalue weighted by molar-refractivity contribution is 7.80. The van der Waals surface area contributed by atoms with Crippen LogP contribution in [0.5, 0.6) is 0 Å². The maximum Gasteiger partial charge on any atom is 0.416 e. The standard InChI is InChI=1S/C14H17F3N2S/c1-10-4-2-3-9-19(10)13(20)18-12-7-5-11(6-8-12)14(15,16)17/h5-8,10H,2-4,9H2,1H3,(H,18,20)/t10-/m0/s1. The SMILES string of the molecule is C[C@H]1CCCCN1C(=S)Nc1ccc(C(F)(F)F)cc1. The Morgan fingerprint density at radius 2 is 1.90 bits per heavy atom. The van der Waals surface area contributed by atoms with Crippen molar-refractivity contribution >= 4 is 23.0 Å².